The van der Waals surface area contributed by atoms with Gasteiger partial charge in [-0.1, -0.05) is 0 Å². The van der Waals surface area contributed by atoms with Crippen molar-refractivity contribution in [2.24, 2.45) is 23.7 Å². The Morgan fingerprint density at radius 3 is 2.36 bits per heavy atom. The molecular formula is C8H6O6. The van der Waals surface area contributed by atoms with Crippen molar-refractivity contribution in [3.63, 3.8) is 0 Å². The molecule has 0 aromatic rings. The van der Waals surface area contributed by atoms with Crippen molar-refractivity contribution in [1.29, 1.82) is 0 Å². The van der Waals surface area contributed by atoms with Gasteiger partial charge in [0.1, 0.15) is 6.29 Å². The van der Waals surface area contributed by atoms with Crippen LogP contribution >= 0.6 is 0 Å². The van der Waals surface area contributed by atoms with Crippen molar-refractivity contribution in [3.8, 4) is 0 Å². The molecule has 2 rings (SSSR count). The number of hydrogen-bond acceptors (Lipinski definition) is 5. The number of aldehydes is 1. The lowest BCUT2D eigenvalue weighted by molar-refractivity contribution is -0.164. The molecule has 14 heavy (non-hydrogen) atoms. The molecule has 2 aliphatic rings. The van der Waals surface area contributed by atoms with Crippen molar-refractivity contribution in [2.75, 3.05) is 0 Å². The fraction of sp³-hybridized carbons (Fsp3) is 0.500. The van der Waals surface area contributed by atoms with Gasteiger partial charge in [-0.2, -0.15) is 0 Å². The zero-order valence-corrected chi connectivity index (χ0v) is 6.88. The van der Waals surface area contributed by atoms with Crippen molar-refractivity contribution in [3.05, 3.63) is 0 Å². The standard InChI is InChI=1S/C8H6O6/c9-1-2-3(6(10)11)5-4(2)7(12)14-8(5)13/h1-5H,(H,10,11). The minimum Gasteiger partial charge on any atom is -0.481 e. The minimum atomic E-state index is -1.24. The summed E-state index contributed by atoms with van der Waals surface area (Å²) in [6.07, 6.45) is 0.403. The van der Waals surface area contributed by atoms with Crippen LogP contribution in [0.25, 0.3) is 0 Å². The molecule has 1 aliphatic heterocycles. The van der Waals surface area contributed by atoms with Crippen LogP contribution in [0.5, 0.6) is 0 Å². The Morgan fingerprint density at radius 2 is 1.86 bits per heavy atom. The summed E-state index contributed by atoms with van der Waals surface area (Å²) in [7, 11) is 0. The number of carboxylic acids is 1. The predicted octanol–water partition coefficient (Wildman–Crippen LogP) is -1.17. The number of carbonyl (C=O) groups excluding carboxylic acids is 3. The fourth-order valence-electron chi connectivity index (χ4n) is 2.10. The third-order valence-corrected chi connectivity index (χ3v) is 2.79. The van der Waals surface area contributed by atoms with Crippen LogP contribution in [0.3, 0.4) is 0 Å². The van der Waals surface area contributed by atoms with E-state index in [1.165, 1.54) is 0 Å². The van der Waals surface area contributed by atoms with E-state index in [9.17, 15) is 19.2 Å². The Hall–Kier alpha value is -1.72. The van der Waals surface area contributed by atoms with Crippen LogP contribution in [0.2, 0.25) is 0 Å². The second-order valence-corrected chi connectivity index (χ2v) is 3.37. The van der Waals surface area contributed by atoms with Gasteiger partial charge in [0.2, 0.25) is 0 Å². The number of rotatable bonds is 2. The quantitative estimate of drug-likeness (QED) is 0.341. The number of carbonyl (C=O) groups is 4. The molecule has 1 saturated carbocycles. The largest absolute Gasteiger partial charge is 0.481 e. The molecule has 4 unspecified atom stereocenters. The van der Waals surface area contributed by atoms with Crippen LogP contribution in [-0.2, 0) is 23.9 Å². The summed E-state index contributed by atoms with van der Waals surface area (Å²) in [5, 5.41) is 8.71. The monoisotopic (exact) mass is 198 g/mol. The maximum Gasteiger partial charge on any atom is 0.318 e. The van der Waals surface area contributed by atoms with Gasteiger partial charge in [0.25, 0.3) is 0 Å². The molecule has 0 bridgehead atoms. The van der Waals surface area contributed by atoms with E-state index in [-0.39, 0.29) is 0 Å². The highest BCUT2D eigenvalue weighted by molar-refractivity contribution is 6.03. The first-order valence-electron chi connectivity index (χ1n) is 4.01. The van der Waals surface area contributed by atoms with E-state index < -0.39 is 41.6 Å². The molecule has 0 aromatic heterocycles. The first kappa shape index (κ1) is 8.86. The van der Waals surface area contributed by atoms with Crippen molar-refractivity contribution < 1.29 is 29.0 Å². The van der Waals surface area contributed by atoms with E-state index in [1.807, 2.05) is 0 Å². The van der Waals surface area contributed by atoms with E-state index in [4.69, 9.17) is 5.11 Å². The number of carboxylic acid groups (broad SMARTS) is 1. The zero-order chi connectivity index (χ0) is 10.5. The zero-order valence-electron chi connectivity index (χ0n) is 6.88. The number of cyclic esters (lactones) is 2. The van der Waals surface area contributed by atoms with Gasteiger partial charge >= 0.3 is 17.9 Å². The van der Waals surface area contributed by atoms with Crippen LogP contribution in [0, 0.1) is 23.7 Å². The van der Waals surface area contributed by atoms with Gasteiger partial charge in [-0.05, 0) is 0 Å². The highest BCUT2D eigenvalue weighted by Gasteiger charge is 2.66. The molecule has 6 heteroatoms. The molecule has 74 valence electrons. The molecule has 0 spiro atoms. The predicted molar refractivity (Wildman–Crippen MR) is 38.8 cm³/mol. The van der Waals surface area contributed by atoms with Gasteiger partial charge in [-0.3, -0.25) is 14.4 Å². The van der Waals surface area contributed by atoms with Gasteiger partial charge in [-0.25, -0.2) is 0 Å². The first-order chi connectivity index (χ1) is 6.57. The summed E-state index contributed by atoms with van der Waals surface area (Å²) in [6, 6.07) is 0. The fourth-order valence-corrected chi connectivity index (χ4v) is 2.10. The maximum atomic E-state index is 11.0. The SMILES string of the molecule is O=CC1C(C(=O)O)C2C(=O)OC(=O)C12. The smallest absolute Gasteiger partial charge is 0.318 e. The number of fused-ring (bicyclic) bond motifs is 1. The molecule has 2 fully saturated rings. The summed E-state index contributed by atoms with van der Waals surface area (Å²) in [5.41, 5.74) is 0. The van der Waals surface area contributed by atoms with Gasteiger partial charge < -0.3 is 14.6 Å². The molecular weight excluding hydrogens is 192 g/mol. The van der Waals surface area contributed by atoms with Crippen LogP contribution in [-0.4, -0.2) is 29.3 Å². The lowest BCUT2D eigenvalue weighted by Gasteiger charge is -2.37. The average molecular weight is 198 g/mol. The Morgan fingerprint density at radius 1 is 1.29 bits per heavy atom. The van der Waals surface area contributed by atoms with E-state index in [0.29, 0.717) is 6.29 Å². The Kier molecular flexibility index (Phi) is 1.67. The van der Waals surface area contributed by atoms with E-state index in [2.05, 4.69) is 4.74 Å². The van der Waals surface area contributed by atoms with Crippen LogP contribution < -0.4 is 0 Å². The number of hydrogen-bond donors (Lipinski definition) is 1. The molecule has 0 amide bonds. The second kappa shape index (κ2) is 2.63. The van der Waals surface area contributed by atoms with Crippen LogP contribution in [0.1, 0.15) is 0 Å². The van der Waals surface area contributed by atoms with Gasteiger partial charge in [0, 0.05) is 5.92 Å². The van der Waals surface area contributed by atoms with Gasteiger partial charge in [-0.15, -0.1) is 0 Å². The van der Waals surface area contributed by atoms with Gasteiger partial charge in [0.15, 0.2) is 0 Å². The Labute approximate surface area is 77.8 Å². The minimum absolute atomic E-state index is 0.403. The summed E-state index contributed by atoms with van der Waals surface area (Å²) in [5.74, 6) is -6.71. The highest BCUT2D eigenvalue weighted by Crippen LogP contribution is 2.50. The van der Waals surface area contributed by atoms with Crippen LogP contribution in [0.15, 0.2) is 0 Å². The summed E-state index contributed by atoms with van der Waals surface area (Å²) >= 11 is 0. The summed E-state index contributed by atoms with van der Waals surface area (Å²) < 4.78 is 4.26. The lowest BCUT2D eigenvalue weighted by Crippen LogP contribution is -2.53. The van der Waals surface area contributed by atoms with E-state index in [0.717, 1.165) is 0 Å². The highest BCUT2D eigenvalue weighted by atomic mass is 16.6. The number of esters is 2. The molecule has 1 N–H and O–H groups in total. The number of ether oxygens (including phenoxy) is 1. The Bertz CT molecular complexity index is 346. The average Bonchev–Trinajstić information content (AvgIpc) is 2.22. The molecule has 4 atom stereocenters. The third-order valence-electron chi connectivity index (χ3n) is 2.79. The van der Waals surface area contributed by atoms with E-state index >= 15 is 0 Å². The maximum absolute atomic E-state index is 11.0. The molecule has 6 nitrogen and oxygen atoms in total. The van der Waals surface area contributed by atoms with Crippen molar-refractivity contribution in [1.82, 2.24) is 0 Å². The molecule has 0 aromatic carbocycles. The summed E-state index contributed by atoms with van der Waals surface area (Å²) in [6.45, 7) is 0. The van der Waals surface area contributed by atoms with Crippen LogP contribution in [0.4, 0.5) is 0 Å². The van der Waals surface area contributed by atoms with Gasteiger partial charge in [0.05, 0.1) is 17.8 Å². The molecule has 1 aliphatic carbocycles. The topological polar surface area (TPSA) is 97.7 Å². The third kappa shape index (κ3) is 0.850. The molecule has 0 radical (unpaired) electrons. The molecule has 1 heterocycles. The van der Waals surface area contributed by atoms with Crippen molar-refractivity contribution in [2.45, 2.75) is 0 Å². The van der Waals surface area contributed by atoms with E-state index in [1.54, 1.807) is 0 Å². The Balaban J connectivity index is 2.31. The first-order valence-corrected chi connectivity index (χ1v) is 4.01. The van der Waals surface area contributed by atoms with Crippen molar-refractivity contribution >= 4 is 24.2 Å². The summed E-state index contributed by atoms with van der Waals surface area (Å²) in [4.78, 5) is 43.2. The number of aliphatic carboxylic acids is 1. The second-order valence-electron chi connectivity index (χ2n) is 3.37. The molecule has 1 saturated heterocycles. The lowest BCUT2D eigenvalue weighted by atomic mass is 9.58. The normalized spacial score (nSPS) is 39.7.